The Balaban J connectivity index is 1.62. The van der Waals surface area contributed by atoms with Crippen LogP contribution in [0.2, 0.25) is 10.0 Å². The van der Waals surface area contributed by atoms with E-state index < -0.39 is 0 Å². The molecule has 1 fully saturated rings. The molecule has 4 rings (SSSR count). The number of aliphatic imine (C=N–C) groups is 1. The summed E-state index contributed by atoms with van der Waals surface area (Å²) < 4.78 is 25.2. The van der Waals surface area contributed by atoms with Crippen LogP contribution in [0.3, 0.4) is 0 Å². The minimum absolute atomic E-state index is 0.224. The first kappa shape index (κ1) is 26.8. The number of nitrogens with one attached hydrogen (secondary N) is 1. The molecule has 3 aromatic rings. The fraction of sp³-hybridized carbons (Fsp3) is 0.143. The largest absolute Gasteiger partial charge is 0.490 e. The Kier molecular flexibility index (Phi) is 8.92. The number of carbonyl (C=O) groups is 1. The van der Waals surface area contributed by atoms with Gasteiger partial charge in [0.25, 0.3) is 5.91 Å². The monoisotopic (exact) mass is 556 g/mol. The first-order valence-electron chi connectivity index (χ1n) is 11.4. The summed E-state index contributed by atoms with van der Waals surface area (Å²) in [5.74, 6) is 0.503. The van der Waals surface area contributed by atoms with Crippen molar-refractivity contribution < 1.29 is 18.7 Å². The first-order valence-corrected chi connectivity index (χ1v) is 13.0. The number of hydrogen-bond donors (Lipinski definition) is 1. The lowest BCUT2D eigenvalue weighted by Gasteiger charge is -2.17. The van der Waals surface area contributed by atoms with E-state index in [1.54, 1.807) is 36.4 Å². The zero-order valence-corrected chi connectivity index (χ0v) is 22.2. The average Bonchev–Trinajstić information content (AvgIpc) is 3.19. The second-order valence-corrected chi connectivity index (χ2v) is 9.79. The van der Waals surface area contributed by atoms with Gasteiger partial charge in [-0.2, -0.15) is 0 Å². The number of allylic oxidation sites excluding steroid dienone is 1. The van der Waals surface area contributed by atoms with Crippen molar-refractivity contribution in [3.63, 3.8) is 0 Å². The highest BCUT2D eigenvalue weighted by atomic mass is 35.5. The van der Waals surface area contributed by atoms with E-state index in [-0.39, 0.29) is 18.3 Å². The highest BCUT2D eigenvalue weighted by molar-refractivity contribution is 8.18. The maximum Gasteiger partial charge on any atom is 0.264 e. The van der Waals surface area contributed by atoms with Gasteiger partial charge in [0.05, 0.1) is 17.2 Å². The van der Waals surface area contributed by atoms with E-state index in [9.17, 15) is 9.18 Å². The number of ether oxygens (including phenoxy) is 2. The Morgan fingerprint density at radius 2 is 1.86 bits per heavy atom. The lowest BCUT2D eigenvalue weighted by molar-refractivity contribution is -0.115. The standard InChI is InChI=1S/C28H23Cl2FN2O3S/c1-3-5-18-12-17(14-25-27(34)33-28(37-25)32-22-10-8-21(31)9-11-22)13-24(35-4-2)26(18)36-16-19-6-7-20(29)15-23(19)30/h3,6-15H,1,4-5,16H2,2H3,(H,32,33,34)/b25-14+. The Labute approximate surface area is 229 Å². The number of thioether (sulfide) groups is 1. The summed E-state index contributed by atoms with van der Waals surface area (Å²) in [4.78, 5) is 17.4. The van der Waals surface area contributed by atoms with E-state index in [4.69, 9.17) is 32.7 Å². The highest BCUT2D eigenvalue weighted by Crippen LogP contribution is 2.37. The molecule has 0 aliphatic carbocycles. The van der Waals surface area contributed by atoms with Gasteiger partial charge in [-0.3, -0.25) is 4.79 Å². The van der Waals surface area contributed by atoms with Crippen molar-refractivity contribution in [3.8, 4) is 11.5 Å². The van der Waals surface area contributed by atoms with Crippen LogP contribution in [-0.2, 0) is 17.8 Å². The first-order chi connectivity index (χ1) is 17.9. The SMILES string of the molecule is C=CCc1cc(/C=C2/SC(=Nc3ccc(F)cc3)NC2=O)cc(OCC)c1OCc1ccc(Cl)cc1Cl. The van der Waals surface area contributed by atoms with E-state index >= 15 is 0 Å². The van der Waals surface area contributed by atoms with Gasteiger partial charge >= 0.3 is 0 Å². The van der Waals surface area contributed by atoms with Crippen molar-refractivity contribution >= 4 is 57.8 Å². The van der Waals surface area contributed by atoms with E-state index in [0.717, 1.165) is 16.7 Å². The quantitative estimate of drug-likeness (QED) is 0.216. The second-order valence-electron chi connectivity index (χ2n) is 7.92. The Bertz CT molecular complexity index is 1390. The molecule has 0 atom stereocenters. The Morgan fingerprint density at radius 3 is 2.57 bits per heavy atom. The molecule has 1 aliphatic heterocycles. The molecule has 0 unspecified atom stereocenters. The number of amides is 1. The fourth-order valence-electron chi connectivity index (χ4n) is 3.55. The molecule has 190 valence electrons. The molecule has 5 nitrogen and oxygen atoms in total. The van der Waals surface area contributed by atoms with Gasteiger partial charge in [-0.05, 0) is 85.3 Å². The molecule has 3 aromatic carbocycles. The molecule has 1 heterocycles. The van der Waals surface area contributed by atoms with Gasteiger partial charge in [0.15, 0.2) is 16.7 Å². The minimum Gasteiger partial charge on any atom is -0.490 e. The summed E-state index contributed by atoms with van der Waals surface area (Å²) in [5, 5.41) is 4.22. The molecular formula is C28H23Cl2FN2O3S. The molecular weight excluding hydrogens is 534 g/mol. The Hall–Kier alpha value is -3.26. The van der Waals surface area contributed by atoms with Gasteiger partial charge in [0, 0.05) is 21.2 Å². The summed E-state index contributed by atoms with van der Waals surface area (Å²) in [6, 6.07) is 14.7. The lowest BCUT2D eigenvalue weighted by Crippen LogP contribution is -2.19. The van der Waals surface area contributed by atoms with Gasteiger partial charge in [0.2, 0.25) is 0 Å². The van der Waals surface area contributed by atoms with Crippen molar-refractivity contribution in [1.29, 1.82) is 0 Å². The molecule has 0 spiro atoms. The van der Waals surface area contributed by atoms with Crippen LogP contribution < -0.4 is 14.8 Å². The van der Waals surface area contributed by atoms with Crippen molar-refractivity contribution in [3.05, 3.63) is 105 Å². The molecule has 0 aromatic heterocycles. The third kappa shape index (κ3) is 6.95. The summed E-state index contributed by atoms with van der Waals surface area (Å²) in [7, 11) is 0. The van der Waals surface area contributed by atoms with E-state index in [1.165, 1.54) is 23.9 Å². The van der Waals surface area contributed by atoms with Gasteiger partial charge in [-0.15, -0.1) is 6.58 Å². The molecule has 1 amide bonds. The van der Waals surface area contributed by atoms with Gasteiger partial charge in [-0.1, -0.05) is 35.3 Å². The van der Waals surface area contributed by atoms with Crippen molar-refractivity contribution in [2.24, 2.45) is 4.99 Å². The van der Waals surface area contributed by atoms with Crippen LogP contribution in [0.5, 0.6) is 11.5 Å². The molecule has 9 heteroatoms. The van der Waals surface area contributed by atoms with Crippen LogP contribution in [0.1, 0.15) is 23.6 Å². The normalized spacial score (nSPS) is 15.2. The van der Waals surface area contributed by atoms with Gasteiger partial charge < -0.3 is 14.8 Å². The number of nitrogens with zero attached hydrogens (tertiary/aromatic N) is 1. The zero-order valence-electron chi connectivity index (χ0n) is 19.9. The topological polar surface area (TPSA) is 59.9 Å². The zero-order chi connectivity index (χ0) is 26.4. The molecule has 37 heavy (non-hydrogen) atoms. The van der Waals surface area contributed by atoms with Gasteiger partial charge in [0.1, 0.15) is 12.4 Å². The second kappa shape index (κ2) is 12.3. The number of carbonyl (C=O) groups excluding carboxylic acids is 1. The van der Waals surface area contributed by atoms with Crippen LogP contribution in [-0.4, -0.2) is 17.7 Å². The van der Waals surface area contributed by atoms with Crippen molar-refractivity contribution in [2.45, 2.75) is 20.0 Å². The summed E-state index contributed by atoms with van der Waals surface area (Å²) in [5.41, 5.74) is 2.94. The van der Waals surface area contributed by atoms with Crippen LogP contribution in [0, 0.1) is 5.82 Å². The predicted octanol–water partition coefficient (Wildman–Crippen LogP) is 7.73. The molecule has 0 radical (unpaired) electrons. The molecule has 0 bridgehead atoms. The van der Waals surface area contributed by atoms with Crippen LogP contribution in [0.4, 0.5) is 10.1 Å². The summed E-state index contributed by atoms with van der Waals surface area (Å²) >= 11 is 13.5. The lowest BCUT2D eigenvalue weighted by atomic mass is 10.0. The Morgan fingerprint density at radius 1 is 1.08 bits per heavy atom. The summed E-state index contributed by atoms with van der Waals surface area (Å²) in [6.45, 7) is 6.40. The number of rotatable bonds is 9. The third-order valence-corrected chi connectivity index (χ3v) is 6.71. The highest BCUT2D eigenvalue weighted by Gasteiger charge is 2.24. The van der Waals surface area contributed by atoms with E-state index in [2.05, 4.69) is 16.9 Å². The van der Waals surface area contributed by atoms with Crippen LogP contribution in [0.25, 0.3) is 6.08 Å². The molecule has 1 saturated heterocycles. The average molecular weight is 557 g/mol. The smallest absolute Gasteiger partial charge is 0.264 e. The molecule has 1 aliphatic rings. The van der Waals surface area contributed by atoms with Crippen molar-refractivity contribution in [1.82, 2.24) is 5.32 Å². The number of halogens is 3. The van der Waals surface area contributed by atoms with E-state index in [0.29, 0.717) is 50.3 Å². The van der Waals surface area contributed by atoms with Crippen LogP contribution in [0.15, 0.2) is 77.1 Å². The number of benzene rings is 3. The number of amidine groups is 1. The van der Waals surface area contributed by atoms with E-state index in [1.807, 2.05) is 25.1 Å². The molecule has 1 N–H and O–H groups in total. The minimum atomic E-state index is -0.350. The van der Waals surface area contributed by atoms with Crippen LogP contribution >= 0.6 is 35.0 Å². The molecule has 0 saturated carbocycles. The summed E-state index contributed by atoms with van der Waals surface area (Å²) in [6.07, 6.45) is 4.06. The van der Waals surface area contributed by atoms with Crippen molar-refractivity contribution in [2.75, 3.05) is 6.61 Å². The maximum absolute atomic E-state index is 13.2. The van der Waals surface area contributed by atoms with Gasteiger partial charge in [-0.25, -0.2) is 9.38 Å². The fourth-order valence-corrected chi connectivity index (χ4v) is 4.86. The third-order valence-electron chi connectivity index (χ3n) is 5.21. The maximum atomic E-state index is 13.2. The predicted molar refractivity (Wildman–Crippen MR) is 150 cm³/mol. The number of hydrogen-bond acceptors (Lipinski definition) is 5.